The summed E-state index contributed by atoms with van der Waals surface area (Å²) in [6, 6.07) is -2.86. The average Bonchev–Trinajstić information content (AvgIpc) is 2.53. The normalized spacial score (nSPS) is 14.2. The molecule has 150 valence electrons. The van der Waals surface area contributed by atoms with Crippen LogP contribution in [0.1, 0.15) is 33.1 Å². The van der Waals surface area contributed by atoms with Crippen molar-refractivity contribution in [1.29, 1.82) is 0 Å². The second-order valence-electron chi connectivity index (χ2n) is 6.33. The highest BCUT2D eigenvalue weighted by molar-refractivity contribution is 7.80. The SMILES string of the molecule is CC(C)C[C@H](N)C(=O)N[C@@H](CS)C(=O)N[C@@H](CCCN=C(N)N)C(=O)O. The van der Waals surface area contributed by atoms with Crippen molar-refractivity contribution in [3.63, 3.8) is 0 Å². The largest absolute Gasteiger partial charge is 0.480 e. The van der Waals surface area contributed by atoms with Gasteiger partial charge >= 0.3 is 5.97 Å². The van der Waals surface area contributed by atoms with Gasteiger partial charge in [-0.3, -0.25) is 14.6 Å². The molecule has 0 aromatic rings. The average molecular weight is 391 g/mol. The molecule has 0 radical (unpaired) electrons. The molecule has 11 heteroatoms. The number of carbonyl (C=O) groups is 3. The van der Waals surface area contributed by atoms with Gasteiger partial charge < -0.3 is 32.9 Å². The Kier molecular flexibility index (Phi) is 11.4. The number of nitrogens with two attached hydrogens (primary N) is 3. The van der Waals surface area contributed by atoms with Crippen LogP contribution in [0.25, 0.3) is 0 Å². The Labute approximate surface area is 158 Å². The first kappa shape index (κ1) is 24.0. The van der Waals surface area contributed by atoms with E-state index in [0.717, 1.165) is 0 Å². The maximum atomic E-state index is 12.3. The molecule has 0 aliphatic carbocycles. The van der Waals surface area contributed by atoms with E-state index in [9.17, 15) is 19.5 Å². The number of carboxylic acid groups (broad SMARTS) is 1. The van der Waals surface area contributed by atoms with Crippen LogP contribution in [-0.2, 0) is 14.4 Å². The number of carbonyl (C=O) groups excluding carboxylic acids is 2. The fraction of sp³-hybridized carbons (Fsp3) is 0.733. The summed E-state index contributed by atoms with van der Waals surface area (Å²) in [7, 11) is 0. The van der Waals surface area contributed by atoms with E-state index in [1.807, 2.05) is 13.8 Å². The van der Waals surface area contributed by atoms with Gasteiger partial charge in [-0.15, -0.1) is 0 Å². The van der Waals surface area contributed by atoms with Crippen molar-refractivity contribution < 1.29 is 19.5 Å². The minimum absolute atomic E-state index is 0.00626. The molecule has 0 aromatic carbocycles. The lowest BCUT2D eigenvalue weighted by molar-refractivity contribution is -0.142. The van der Waals surface area contributed by atoms with Crippen molar-refractivity contribution in [1.82, 2.24) is 10.6 Å². The number of rotatable bonds is 12. The second-order valence-corrected chi connectivity index (χ2v) is 6.69. The third-order valence-corrected chi connectivity index (χ3v) is 3.80. The lowest BCUT2D eigenvalue weighted by Crippen LogP contribution is -2.55. The van der Waals surface area contributed by atoms with Crippen molar-refractivity contribution in [2.24, 2.45) is 28.1 Å². The third kappa shape index (κ3) is 10.1. The predicted octanol–water partition coefficient (Wildman–Crippen LogP) is -1.60. The van der Waals surface area contributed by atoms with Crippen molar-refractivity contribution in [2.45, 2.75) is 51.2 Å². The number of aliphatic carboxylic acids is 1. The van der Waals surface area contributed by atoms with E-state index in [0.29, 0.717) is 12.8 Å². The Morgan fingerprint density at radius 3 is 2.15 bits per heavy atom. The summed E-state index contributed by atoms with van der Waals surface area (Å²) in [6.07, 6.45) is 0.972. The van der Waals surface area contributed by atoms with Crippen LogP contribution in [0.5, 0.6) is 0 Å². The summed E-state index contributed by atoms with van der Waals surface area (Å²) in [6.45, 7) is 4.10. The predicted molar refractivity (Wildman–Crippen MR) is 103 cm³/mol. The smallest absolute Gasteiger partial charge is 0.326 e. The van der Waals surface area contributed by atoms with E-state index in [1.54, 1.807) is 0 Å². The van der Waals surface area contributed by atoms with E-state index in [-0.39, 0.29) is 30.6 Å². The van der Waals surface area contributed by atoms with Crippen LogP contribution in [0, 0.1) is 5.92 Å². The Balaban J connectivity index is 4.69. The second kappa shape index (κ2) is 12.4. The van der Waals surface area contributed by atoms with Gasteiger partial charge in [0.25, 0.3) is 0 Å². The number of aliphatic imine (C=N–C) groups is 1. The van der Waals surface area contributed by atoms with E-state index < -0.39 is 35.9 Å². The quantitative estimate of drug-likeness (QED) is 0.0904. The molecule has 26 heavy (non-hydrogen) atoms. The highest BCUT2D eigenvalue weighted by Gasteiger charge is 2.27. The lowest BCUT2D eigenvalue weighted by Gasteiger charge is -2.22. The van der Waals surface area contributed by atoms with Gasteiger partial charge in [-0.2, -0.15) is 12.6 Å². The monoisotopic (exact) mass is 390 g/mol. The first-order chi connectivity index (χ1) is 12.1. The minimum Gasteiger partial charge on any atom is -0.480 e. The molecule has 0 spiro atoms. The van der Waals surface area contributed by atoms with Crippen LogP contribution in [-0.4, -0.2) is 59.3 Å². The van der Waals surface area contributed by atoms with Gasteiger partial charge in [0.05, 0.1) is 6.04 Å². The molecule has 3 atom stereocenters. The summed E-state index contributed by atoms with van der Waals surface area (Å²) in [5.41, 5.74) is 16.2. The maximum Gasteiger partial charge on any atom is 0.326 e. The summed E-state index contributed by atoms with van der Waals surface area (Å²) >= 11 is 4.04. The standard InChI is InChI=1S/C15H30N6O4S/c1-8(2)6-9(16)12(22)21-11(7-26)13(23)20-10(14(24)25)4-3-5-19-15(17)18/h8-11,26H,3-7,16H2,1-2H3,(H,20,23)(H,21,22)(H,24,25)(H4,17,18,19)/t9-,10-,11-/m0/s1. The molecule has 9 N–H and O–H groups in total. The lowest BCUT2D eigenvalue weighted by atomic mass is 10.0. The molecular formula is C15H30N6O4S. The Hall–Kier alpha value is -2.01. The van der Waals surface area contributed by atoms with Gasteiger partial charge in [0.1, 0.15) is 12.1 Å². The van der Waals surface area contributed by atoms with E-state index in [2.05, 4.69) is 28.3 Å². The number of nitrogens with zero attached hydrogens (tertiary/aromatic N) is 1. The molecule has 0 heterocycles. The summed E-state index contributed by atoms with van der Waals surface area (Å²) < 4.78 is 0. The minimum atomic E-state index is -1.19. The molecule has 0 fully saturated rings. The van der Waals surface area contributed by atoms with Gasteiger partial charge in [0.15, 0.2) is 5.96 Å². The van der Waals surface area contributed by atoms with E-state index in [1.165, 1.54) is 0 Å². The number of thiol groups is 1. The van der Waals surface area contributed by atoms with Crippen LogP contribution in [0.2, 0.25) is 0 Å². The fourth-order valence-electron chi connectivity index (χ4n) is 2.12. The molecule has 0 bridgehead atoms. The molecular weight excluding hydrogens is 360 g/mol. The summed E-state index contributed by atoms with van der Waals surface area (Å²) in [5.74, 6) is -2.17. The first-order valence-electron chi connectivity index (χ1n) is 8.33. The molecule has 10 nitrogen and oxygen atoms in total. The van der Waals surface area contributed by atoms with Crippen LogP contribution >= 0.6 is 12.6 Å². The summed E-state index contributed by atoms with van der Waals surface area (Å²) in [4.78, 5) is 39.4. The molecule has 0 saturated heterocycles. The van der Waals surface area contributed by atoms with Crippen LogP contribution < -0.4 is 27.8 Å². The van der Waals surface area contributed by atoms with Crippen molar-refractivity contribution in [3.8, 4) is 0 Å². The molecule has 0 unspecified atom stereocenters. The Bertz CT molecular complexity index is 510. The van der Waals surface area contributed by atoms with Crippen LogP contribution in [0.3, 0.4) is 0 Å². The zero-order chi connectivity index (χ0) is 20.3. The van der Waals surface area contributed by atoms with Crippen molar-refractivity contribution >= 4 is 36.4 Å². The molecule has 2 amide bonds. The topological polar surface area (TPSA) is 186 Å². The Morgan fingerprint density at radius 2 is 1.69 bits per heavy atom. The highest BCUT2D eigenvalue weighted by atomic mass is 32.1. The number of amides is 2. The van der Waals surface area contributed by atoms with Crippen molar-refractivity contribution in [3.05, 3.63) is 0 Å². The van der Waals surface area contributed by atoms with Gasteiger partial charge in [-0.1, -0.05) is 13.8 Å². The van der Waals surface area contributed by atoms with Gasteiger partial charge in [-0.05, 0) is 25.2 Å². The first-order valence-corrected chi connectivity index (χ1v) is 8.97. The fourth-order valence-corrected chi connectivity index (χ4v) is 2.38. The van der Waals surface area contributed by atoms with Gasteiger partial charge in [0.2, 0.25) is 11.8 Å². The van der Waals surface area contributed by atoms with Crippen molar-refractivity contribution in [2.75, 3.05) is 12.3 Å². The molecule has 0 aliphatic heterocycles. The zero-order valence-corrected chi connectivity index (χ0v) is 16.0. The molecule has 0 aromatic heterocycles. The van der Waals surface area contributed by atoms with Gasteiger partial charge in [-0.25, -0.2) is 4.79 Å². The number of hydrogen-bond donors (Lipinski definition) is 7. The zero-order valence-electron chi connectivity index (χ0n) is 15.1. The van der Waals surface area contributed by atoms with Crippen LogP contribution in [0.4, 0.5) is 0 Å². The molecule has 0 aliphatic rings. The number of hydrogen-bond acceptors (Lipinski definition) is 6. The number of guanidine groups is 1. The summed E-state index contributed by atoms with van der Waals surface area (Å²) in [5, 5.41) is 14.1. The third-order valence-electron chi connectivity index (χ3n) is 3.44. The number of carboxylic acids is 1. The molecule has 0 rings (SSSR count). The van der Waals surface area contributed by atoms with Crippen LogP contribution in [0.15, 0.2) is 4.99 Å². The maximum absolute atomic E-state index is 12.3. The number of nitrogens with one attached hydrogen (secondary N) is 2. The van der Waals surface area contributed by atoms with E-state index >= 15 is 0 Å². The Morgan fingerprint density at radius 1 is 1.12 bits per heavy atom. The molecule has 0 saturated carbocycles. The van der Waals surface area contributed by atoms with Gasteiger partial charge in [0, 0.05) is 12.3 Å². The highest BCUT2D eigenvalue weighted by Crippen LogP contribution is 2.04. The van der Waals surface area contributed by atoms with E-state index in [4.69, 9.17) is 17.2 Å².